The second-order valence-electron chi connectivity index (χ2n) is 4.01. The Morgan fingerprint density at radius 3 is 2.16 bits per heavy atom. The van der Waals surface area contributed by atoms with Crippen molar-refractivity contribution in [3.63, 3.8) is 0 Å². The molecule has 0 spiro atoms. The first kappa shape index (κ1) is 10.3. The number of hydrogen-bond acceptors (Lipinski definition) is 4. The first-order valence-corrected chi connectivity index (χ1v) is 5.70. The molecule has 0 fully saturated rings. The average Bonchev–Trinajstić information content (AvgIpc) is 2.94. The van der Waals surface area contributed by atoms with Crippen LogP contribution in [-0.2, 0) is 0 Å². The predicted molar refractivity (Wildman–Crippen MR) is 63.3 cm³/mol. The second-order valence-corrected chi connectivity index (χ2v) is 4.45. The molecule has 92 valence electrons. The Labute approximate surface area is 108 Å². The molecule has 0 aliphatic heterocycles. The van der Waals surface area contributed by atoms with Crippen molar-refractivity contribution in [3.05, 3.63) is 44.2 Å². The Kier molecular flexibility index (Phi) is 1.76. The van der Waals surface area contributed by atoms with Gasteiger partial charge in [0.05, 0.1) is 0 Å². The average molecular weight is 277 g/mol. The van der Waals surface area contributed by atoms with Crippen LogP contribution in [0.15, 0.2) is 27.8 Å². The summed E-state index contributed by atoms with van der Waals surface area (Å²) in [6, 6.07) is 4.89. The number of fused-ring (bicyclic) bond motifs is 6. The molecule has 3 aromatic heterocycles. The molecule has 0 radical (unpaired) electrons. The molecule has 0 bridgehead atoms. The third-order valence-electron chi connectivity index (χ3n) is 2.96. The number of aromatic amines is 2. The molecule has 0 atom stereocenters. The fraction of sp³-hybridized carbons (Fsp3) is 0. The van der Waals surface area contributed by atoms with Crippen LogP contribution in [0, 0.1) is 0 Å². The zero-order chi connectivity index (χ0) is 13.1. The van der Waals surface area contributed by atoms with Gasteiger partial charge in [-0.3, -0.25) is 0 Å². The number of nitrogens with zero attached hydrogens (tertiary/aromatic N) is 4. The fourth-order valence-corrected chi connectivity index (χ4v) is 2.37. The molecular weight excluding hydrogens is 272 g/mol. The minimum Gasteiger partial charge on any atom is -0.194 e. The quantitative estimate of drug-likeness (QED) is 0.393. The Balaban J connectivity index is 2.54. The van der Waals surface area contributed by atoms with Crippen LogP contribution >= 0.6 is 11.6 Å². The lowest BCUT2D eigenvalue weighted by atomic mass is 10.3. The first-order valence-electron chi connectivity index (χ1n) is 5.32. The van der Waals surface area contributed by atoms with Gasteiger partial charge in [0.2, 0.25) is 0 Å². The highest BCUT2D eigenvalue weighted by Crippen LogP contribution is 2.20. The fourth-order valence-electron chi connectivity index (χ4n) is 2.21. The smallest absolute Gasteiger partial charge is 0.194 e. The van der Waals surface area contributed by atoms with E-state index in [2.05, 4.69) is 20.4 Å². The molecular formula is C10H5ClN6O2+2. The van der Waals surface area contributed by atoms with Gasteiger partial charge in [-0.1, -0.05) is 11.6 Å². The number of halogens is 1. The summed E-state index contributed by atoms with van der Waals surface area (Å²) in [6.07, 6.45) is 0. The summed E-state index contributed by atoms with van der Waals surface area (Å²) in [5.41, 5.74) is 0.725. The van der Waals surface area contributed by atoms with Gasteiger partial charge in [0.25, 0.3) is 0 Å². The van der Waals surface area contributed by atoms with E-state index in [-0.39, 0.29) is 11.3 Å². The minimum atomic E-state index is -0.416. The summed E-state index contributed by atoms with van der Waals surface area (Å²) in [5.74, 6) is 0. The lowest BCUT2D eigenvalue weighted by Gasteiger charge is -1.94. The van der Waals surface area contributed by atoms with E-state index in [1.165, 1.54) is 8.80 Å². The summed E-state index contributed by atoms with van der Waals surface area (Å²) < 4.78 is 2.68. The normalized spacial score (nSPS) is 11.8. The summed E-state index contributed by atoms with van der Waals surface area (Å²) in [7, 11) is 0. The van der Waals surface area contributed by atoms with E-state index in [1.807, 2.05) is 0 Å². The molecule has 0 amide bonds. The second kappa shape index (κ2) is 3.23. The molecule has 4 rings (SSSR count). The van der Waals surface area contributed by atoms with Crippen molar-refractivity contribution in [2.24, 2.45) is 0 Å². The van der Waals surface area contributed by atoms with Crippen molar-refractivity contribution in [1.82, 2.24) is 19.0 Å². The minimum absolute atomic E-state index is 0.262. The van der Waals surface area contributed by atoms with E-state index >= 15 is 0 Å². The summed E-state index contributed by atoms with van der Waals surface area (Å²) in [6.45, 7) is 0. The van der Waals surface area contributed by atoms with E-state index in [4.69, 9.17) is 11.6 Å². The van der Waals surface area contributed by atoms with Crippen LogP contribution in [0.1, 0.15) is 0 Å². The number of H-pyrrole nitrogens is 2. The monoisotopic (exact) mass is 276 g/mol. The lowest BCUT2D eigenvalue weighted by Crippen LogP contribution is -2.29. The molecule has 19 heavy (non-hydrogen) atoms. The highest BCUT2D eigenvalue weighted by molar-refractivity contribution is 6.31. The zero-order valence-corrected chi connectivity index (χ0v) is 9.97. The zero-order valence-electron chi connectivity index (χ0n) is 9.22. The van der Waals surface area contributed by atoms with Gasteiger partial charge in [0, 0.05) is 11.1 Å². The number of hydrogen-bond donors (Lipinski definition) is 0. The van der Waals surface area contributed by atoms with E-state index in [1.54, 1.807) is 18.2 Å². The van der Waals surface area contributed by atoms with Gasteiger partial charge < -0.3 is 0 Å². The molecule has 3 heterocycles. The number of benzene rings is 1. The van der Waals surface area contributed by atoms with Crippen LogP contribution in [0.2, 0.25) is 5.02 Å². The molecule has 1 aromatic carbocycles. The Bertz CT molecular complexity index is 1070. The summed E-state index contributed by atoms with van der Waals surface area (Å²) in [4.78, 5) is 23.6. The highest BCUT2D eigenvalue weighted by Gasteiger charge is 2.27. The maximum atomic E-state index is 11.8. The maximum Gasteiger partial charge on any atom is 0.523 e. The largest absolute Gasteiger partial charge is 0.523 e. The number of aromatic nitrogens is 6. The van der Waals surface area contributed by atoms with Crippen LogP contribution in [0.3, 0.4) is 0 Å². The van der Waals surface area contributed by atoms with Gasteiger partial charge in [-0.05, 0) is 22.3 Å². The number of rotatable bonds is 0. The topological polar surface area (TPSA) is 97.0 Å². The van der Waals surface area contributed by atoms with Crippen molar-refractivity contribution in [2.45, 2.75) is 0 Å². The van der Waals surface area contributed by atoms with Crippen LogP contribution < -0.4 is 21.6 Å². The number of nitrogens with one attached hydrogen (secondary N) is 2. The van der Waals surface area contributed by atoms with E-state index in [0.717, 1.165) is 0 Å². The van der Waals surface area contributed by atoms with Crippen molar-refractivity contribution in [2.75, 3.05) is 0 Å². The van der Waals surface area contributed by atoms with Crippen molar-refractivity contribution < 1.29 is 10.2 Å². The first-order chi connectivity index (χ1) is 9.16. The predicted octanol–water partition coefficient (Wildman–Crippen LogP) is -1.42. The van der Waals surface area contributed by atoms with E-state index < -0.39 is 11.4 Å². The van der Waals surface area contributed by atoms with Gasteiger partial charge in [-0.15, -0.1) is 19.0 Å². The Morgan fingerprint density at radius 1 is 0.947 bits per heavy atom. The van der Waals surface area contributed by atoms with Crippen molar-refractivity contribution in [3.8, 4) is 0 Å². The van der Waals surface area contributed by atoms with E-state index in [0.29, 0.717) is 16.1 Å². The van der Waals surface area contributed by atoms with Gasteiger partial charge in [0.1, 0.15) is 0 Å². The third-order valence-corrected chi connectivity index (χ3v) is 3.20. The van der Waals surface area contributed by atoms with Gasteiger partial charge in [-0.25, -0.2) is 0 Å². The van der Waals surface area contributed by atoms with Crippen LogP contribution in [-0.4, -0.2) is 19.0 Å². The molecule has 0 aliphatic rings. The van der Waals surface area contributed by atoms with Crippen molar-refractivity contribution >= 4 is 33.9 Å². The molecule has 0 unspecified atom stereocenters. The molecule has 0 saturated heterocycles. The van der Waals surface area contributed by atoms with Crippen LogP contribution in [0.4, 0.5) is 0 Å². The lowest BCUT2D eigenvalue weighted by molar-refractivity contribution is -0.468. The van der Waals surface area contributed by atoms with Gasteiger partial charge in [-0.2, -0.15) is 9.59 Å². The van der Waals surface area contributed by atoms with E-state index in [9.17, 15) is 9.59 Å². The molecule has 8 nitrogen and oxygen atoms in total. The van der Waals surface area contributed by atoms with Gasteiger partial charge in [0.15, 0.2) is 11.0 Å². The summed E-state index contributed by atoms with van der Waals surface area (Å²) in [5, 5.41) is 12.9. The standard InChI is InChI=1S/C10H3ClN6O2/c11-4-1-2-5-6(3-4)17-8(13-15-10(17)19)7-12-14-9(18)16(5)7/h1-3H/p+2. The van der Waals surface area contributed by atoms with Crippen LogP contribution in [0.5, 0.6) is 0 Å². The molecule has 9 heteroatoms. The molecule has 0 aliphatic carbocycles. The maximum absolute atomic E-state index is 11.8. The molecule has 4 aromatic rings. The van der Waals surface area contributed by atoms with Crippen LogP contribution in [0.25, 0.3) is 22.3 Å². The van der Waals surface area contributed by atoms with Crippen molar-refractivity contribution in [1.29, 1.82) is 0 Å². The Hall–Kier alpha value is -2.61. The molecule has 0 saturated carbocycles. The Morgan fingerprint density at radius 2 is 1.53 bits per heavy atom. The molecule has 2 N–H and O–H groups in total. The third kappa shape index (κ3) is 1.18. The SMILES string of the molecule is O=c1[nH+]nc2c3n[nH+]c(=O)n3c3cc(Cl)ccc3n12. The van der Waals surface area contributed by atoms with Gasteiger partial charge >= 0.3 is 22.7 Å². The highest BCUT2D eigenvalue weighted by atomic mass is 35.5. The summed E-state index contributed by atoms with van der Waals surface area (Å²) >= 11 is 5.95.